The van der Waals surface area contributed by atoms with Gasteiger partial charge in [0.1, 0.15) is 28.5 Å². The molecule has 242 valence electrons. The molecule has 0 unspecified atom stereocenters. The molecule has 1 aromatic carbocycles. The molecule has 2 aliphatic rings. The second-order valence-corrected chi connectivity index (χ2v) is 11.8. The number of hydrogen-bond donors (Lipinski definition) is 2. The van der Waals surface area contributed by atoms with E-state index in [1.54, 1.807) is 11.8 Å². The number of hydrogen-bond acceptors (Lipinski definition) is 11. The van der Waals surface area contributed by atoms with Crippen LogP contribution in [-0.4, -0.2) is 68.0 Å². The molecule has 0 aliphatic carbocycles. The summed E-state index contributed by atoms with van der Waals surface area (Å²) >= 11 is 1.03. The molecule has 46 heavy (non-hydrogen) atoms. The fourth-order valence-electron chi connectivity index (χ4n) is 4.85. The van der Waals surface area contributed by atoms with Crippen LogP contribution in [0.4, 0.5) is 29.3 Å². The molecule has 0 radical (unpaired) electrons. The van der Waals surface area contributed by atoms with Crippen molar-refractivity contribution in [2.45, 2.75) is 26.2 Å². The number of carboxylic acids is 2. The smallest absolute Gasteiger partial charge is 0.416 e. The number of benzene rings is 1. The highest BCUT2D eigenvalue weighted by molar-refractivity contribution is 8.22. The van der Waals surface area contributed by atoms with Crippen LogP contribution in [0.3, 0.4) is 0 Å². The largest absolute Gasteiger partial charge is 0.480 e. The number of allylic oxidation sites excluding steroid dienone is 1. The van der Waals surface area contributed by atoms with Crippen LogP contribution in [0.15, 0.2) is 44.1 Å². The van der Waals surface area contributed by atoms with Crippen LogP contribution in [0.1, 0.15) is 12.5 Å². The van der Waals surface area contributed by atoms with Crippen molar-refractivity contribution < 1.29 is 47.0 Å². The number of oxazole rings is 1. The number of aliphatic carboxylic acids is 2. The van der Waals surface area contributed by atoms with E-state index >= 15 is 0 Å². The van der Waals surface area contributed by atoms with E-state index in [2.05, 4.69) is 0 Å². The van der Waals surface area contributed by atoms with Crippen molar-refractivity contribution in [2.75, 3.05) is 30.4 Å². The van der Waals surface area contributed by atoms with E-state index in [0.29, 0.717) is 45.7 Å². The minimum Gasteiger partial charge on any atom is -0.480 e. The van der Waals surface area contributed by atoms with Crippen molar-refractivity contribution in [3.8, 4) is 0 Å². The van der Waals surface area contributed by atoms with E-state index in [0.717, 1.165) is 21.6 Å². The molecular weight excluding hydrogens is 659 g/mol. The Morgan fingerprint density at radius 2 is 1.59 bits per heavy atom. The van der Waals surface area contributed by atoms with Crippen molar-refractivity contribution in [3.05, 3.63) is 76.5 Å². The van der Waals surface area contributed by atoms with Gasteiger partial charge < -0.3 is 24.4 Å². The van der Waals surface area contributed by atoms with E-state index in [1.807, 2.05) is 0 Å². The monoisotopic (exact) mass is 681 g/mol. The summed E-state index contributed by atoms with van der Waals surface area (Å²) in [4.78, 5) is 78.4. The first-order valence-corrected chi connectivity index (χ1v) is 14.7. The third-order valence-corrected chi connectivity index (χ3v) is 9.14. The van der Waals surface area contributed by atoms with Gasteiger partial charge in [0.2, 0.25) is 11.0 Å². The lowest BCUT2D eigenvalue weighted by molar-refractivity contribution is -0.138. The summed E-state index contributed by atoms with van der Waals surface area (Å²) in [5, 5.41) is 18.2. The van der Waals surface area contributed by atoms with Gasteiger partial charge >= 0.3 is 18.1 Å². The summed E-state index contributed by atoms with van der Waals surface area (Å²) in [6.45, 7) is 0.196. The number of carboxylic acid groups (broad SMARTS) is 2. The van der Waals surface area contributed by atoms with Gasteiger partial charge in [-0.1, -0.05) is 0 Å². The van der Waals surface area contributed by atoms with Crippen LogP contribution in [-0.2, 0) is 33.6 Å². The molecule has 19 heteroatoms. The van der Waals surface area contributed by atoms with Crippen LogP contribution in [0.2, 0.25) is 0 Å². The number of carbonyl (C=O) groups excluding carboxylic acids is 2. The Morgan fingerprint density at radius 3 is 2.15 bits per heavy atom. The second-order valence-electron chi connectivity index (χ2n) is 9.84. The second kappa shape index (κ2) is 11.7. The highest BCUT2D eigenvalue weighted by Crippen LogP contribution is 2.43. The zero-order valence-corrected chi connectivity index (χ0v) is 25.6. The first-order valence-electron chi connectivity index (χ1n) is 13.1. The maximum absolute atomic E-state index is 13.4. The van der Waals surface area contributed by atoms with Gasteiger partial charge in [0.05, 0.1) is 21.5 Å². The molecular formula is C27H22F3N5O9S2. The van der Waals surface area contributed by atoms with Crippen molar-refractivity contribution in [1.29, 1.82) is 0 Å². The molecule has 0 spiro atoms. The lowest BCUT2D eigenvalue weighted by Crippen LogP contribution is -2.33. The fourth-order valence-corrected chi connectivity index (χ4v) is 6.73. The van der Waals surface area contributed by atoms with Crippen molar-refractivity contribution in [2.24, 2.45) is 0 Å². The summed E-state index contributed by atoms with van der Waals surface area (Å²) in [7, 11) is 2.71. The molecule has 2 N–H and O–H groups in total. The number of halogens is 3. The Bertz CT molecular complexity index is 2210. The number of fused-ring (bicyclic) bond motifs is 1. The Kier molecular flexibility index (Phi) is 8.24. The third-order valence-electron chi connectivity index (χ3n) is 7.00. The number of aromatic nitrogens is 2. The quantitative estimate of drug-likeness (QED) is 0.381. The Hall–Kier alpha value is -5.04. The van der Waals surface area contributed by atoms with Crippen LogP contribution >= 0.6 is 23.1 Å². The molecule has 2 aliphatic heterocycles. The number of rotatable bonds is 6. The molecule has 0 saturated carbocycles. The van der Waals surface area contributed by atoms with E-state index < -0.39 is 70.0 Å². The first-order chi connectivity index (χ1) is 21.5. The highest BCUT2D eigenvalue weighted by atomic mass is 32.2. The number of alkyl halides is 3. The number of anilines is 2. The molecule has 5 rings (SSSR count). The Balaban J connectivity index is 1.77. The zero-order valence-electron chi connectivity index (χ0n) is 23.9. The maximum atomic E-state index is 13.4. The Labute approximate surface area is 262 Å². The number of thiazole rings is 1. The average molecular weight is 682 g/mol. The van der Waals surface area contributed by atoms with Crippen molar-refractivity contribution >= 4 is 68.5 Å². The highest BCUT2D eigenvalue weighted by Gasteiger charge is 2.36. The predicted molar refractivity (Wildman–Crippen MR) is 158 cm³/mol. The van der Waals surface area contributed by atoms with Gasteiger partial charge in [-0.15, -0.1) is 11.3 Å². The van der Waals surface area contributed by atoms with Gasteiger partial charge in [0.15, 0.2) is 0 Å². The number of imide groups is 1. The molecule has 0 bridgehead atoms. The summed E-state index contributed by atoms with van der Waals surface area (Å²) in [6, 6.07) is 3.28. The van der Waals surface area contributed by atoms with Crippen LogP contribution in [0, 0.1) is 10.1 Å². The molecule has 2 aromatic heterocycles. The standard InChI is InChI=1S/C27H22F3N5O9S2/c1-4-33-13-6-5-12(27(28,29)30)9-14(13)31(2)16(33)8-7-15-21(40)35(11-18(38)39)25(45-15)19-22(41)34(10-17(36)37)24(44-19)20-23(42)32(3)26(43)46-20/h5-9H,4,10-11H2,1-3H3,(H,36,37)(H,38,39)/b15-7?,16-8?,24-20+,25-19+. The SMILES string of the molecule is CCN1C(=CC=c2s/c(=c3/o/c(=C4/SC(=O)N(C)C4=O)n(CC(=O)O)c3=O)n(CC(=O)O)c2=O)N(C)c2cc(C(F)(F)F)ccc21. The number of thioether (sulfide) groups is 1. The van der Waals surface area contributed by atoms with Gasteiger partial charge in [-0.3, -0.25) is 42.8 Å². The normalized spacial score (nSPS) is 18.3. The van der Waals surface area contributed by atoms with Gasteiger partial charge in [-0.05, 0) is 49.0 Å². The lowest BCUT2D eigenvalue weighted by Gasteiger charge is -2.20. The Morgan fingerprint density at radius 1 is 0.935 bits per heavy atom. The molecule has 0 atom stereocenters. The fraction of sp³-hybridized carbons (Fsp3) is 0.259. The lowest BCUT2D eigenvalue weighted by atomic mass is 10.1. The summed E-state index contributed by atoms with van der Waals surface area (Å²) in [5.74, 6) is -3.43. The third kappa shape index (κ3) is 5.51. The van der Waals surface area contributed by atoms with E-state index in [9.17, 15) is 52.2 Å². The van der Waals surface area contributed by atoms with E-state index in [-0.39, 0.29) is 19.8 Å². The molecule has 4 heterocycles. The summed E-state index contributed by atoms with van der Waals surface area (Å²) in [5.41, 5.74) is -3.28. The van der Waals surface area contributed by atoms with Gasteiger partial charge in [0.25, 0.3) is 22.3 Å². The van der Waals surface area contributed by atoms with Crippen molar-refractivity contribution in [3.63, 3.8) is 0 Å². The van der Waals surface area contributed by atoms with Crippen LogP contribution in [0.25, 0.3) is 11.0 Å². The van der Waals surface area contributed by atoms with Gasteiger partial charge in [-0.25, -0.2) is 0 Å². The van der Waals surface area contributed by atoms with Crippen molar-refractivity contribution in [1.82, 2.24) is 14.0 Å². The minimum absolute atomic E-state index is 0.101. The van der Waals surface area contributed by atoms with Crippen LogP contribution in [0.5, 0.6) is 0 Å². The number of nitrogens with zero attached hydrogens (tertiary/aromatic N) is 5. The molecule has 3 aromatic rings. The summed E-state index contributed by atoms with van der Waals surface area (Å²) < 4.78 is 46.7. The van der Waals surface area contributed by atoms with Gasteiger partial charge in [0, 0.05) is 20.6 Å². The average Bonchev–Trinajstić information content (AvgIpc) is 3.63. The summed E-state index contributed by atoms with van der Waals surface area (Å²) in [6.07, 6.45) is -1.82. The number of carbonyl (C=O) groups is 4. The van der Waals surface area contributed by atoms with E-state index in [1.165, 1.54) is 37.2 Å². The van der Waals surface area contributed by atoms with E-state index in [4.69, 9.17) is 4.42 Å². The topological polar surface area (TPSA) is 176 Å². The van der Waals surface area contributed by atoms with Gasteiger partial charge in [-0.2, -0.15) is 13.2 Å². The number of amides is 2. The zero-order chi connectivity index (χ0) is 33.8. The molecule has 1 fully saturated rings. The van der Waals surface area contributed by atoms with Crippen LogP contribution < -0.4 is 31.0 Å². The predicted octanol–water partition coefficient (Wildman–Crippen LogP) is 1.17. The maximum Gasteiger partial charge on any atom is 0.416 e. The molecule has 1 saturated heterocycles. The first kappa shape index (κ1) is 32.4. The molecule has 2 amide bonds. The minimum atomic E-state index is -4.57. The molecule has 14 nitrogen and oxygen atoms in total.